The molecule has 3 aromatic rings. The number of nitrogens with zero attached hydrogens (tertiary/aromatic N) is 1. The number of imide groups is 1. The second-order valence-electron chi connectivity index (χ2n) is 7.58. The average molecular weight is 497 g/mol. The fraction of sp³-hybridized carbons (Fsp3) is 0.120. The van der Waals surface area contributed by atoms with Crippen molar-refractivity contribution >= 4 is 52.6 Å². The molecule has 0 spiro atoms. The van der Waals surface area contributed by atoms with Crippen molar-refractivity contribution in [2.45, 2.75) is 13.0 Å². The van der Waals surface area contributed by atoms with E-state index < -0.39 is 36.3 Å². The molecule has 34 heavy (non-hydrogen) atoms. The van der Waals surface area contributed by atoms with Gasteiger partial charge in [0.25, 0.3) is 17.7 Å². The molecule has 3 amide bonds. The maximum Gasteiger partial charge on any atom is 0.338 e. The smallest absolute Gasteiger partial charge is 0.338 e. The SMILES string of the molecule is C[C@H](c1ccccc1)N1C(=O)c2ccc(C(=O)OCC(=O)Nc3cc(Cl)ccc3Cl)cc2C1=O. The lowest BCUT2D eigenvalue weighted by Crippen LogP contribution is -2.32. The van der Waals surface area contributed by atoms with Crippen LogP contribution in [-0.4, -0.2) is 35.2 Å². The summed E-state index contributed by atoms with van der Waals surface area (Å²) >= 11 is 11.9. The number of fused-ring (bicyclic) bond motifs is 1. The predicted molar refractivity (Wildman–Crippen MR) is 127 cm³/mol. The lowest BCUT2D eigenvalue weighted by atomic mass is 10.1. The zero-order valence-electron chi connectivity index (χ0n) is 17.9. The van der Waals surface area contributed by atoms with Gasteiger partial charge in [-0.05, 0) is 48.9 Å². The second kappa shape index (κ2) is 9.67. The van der Waals surface area contributed by atoms with Gasteiger partial charge in [0.1, 0.15) is 0 Å². The Kier molecular flexibility index (Phi) is 6.68. The van der Waals surface area contributed by atoms with Crippen LogP contribution in [0.1, 0.15) is 49.6 Å². The Morgan fingerprint density at radius 2 is 1.65 bits per heavy atom. The monoisotopic (exact) mass is 496 g/mol. The molecule has 1 heterocycles. The molecule has 3 aromatic carbocycles. The third kappa shape index (κ3) is 4.66. The number of ether oxygens (including phenoxy) is 1. The summed E-state index contributed by atoms with van der Waals surface area (Å²) in [6.07, 6.45) is 0. The zero-order chi connectivity index (χ0) is 24.4. The maximum absolute atomic E-state index is 13.0. The largest absolute Gasteiger partial charge is 0.452 e. The second-order valence-corrected chi connectivity index (χ2v) is 8.42. The Morgan fingerprint density at radius 3 is 2.38 bits per heavy atom. The van der Waals surface area contributed by atoms with Gasteiger partial charge in [-0.15, -0.1) is 0 Å². The first-order chi connectivity index (χ1) is 16.3. The van der Waals surface area contributed by atoms with Gasteiger partial charge in [-0.1, -0.05) is 53.5 Å². The summed E-state index contributed by atoms with van der Waals surface area (Å²) in [4.78, 5) is 51.7. The molecule has 4 rings (SSSR count). The van der Waals surface area contributed by atoms with Gasteiger partial charge in [-0.25, -0.2) is 4.79 Å². The first-order valence-corrected chi connectivity index (χ1v) is 11.0. The van der Waals surface area contributed by atoms with Crippen LogP contribution in [0.4, 0.5) is 5.69 Å². The number of hydrogen-bond acceptors (Lipinski definition) is 5. The Bertz CT molecular complexity index is 1310. The van der Waals surface area contributed by atoms with Gasteiger partial charge in [-0.2, -0.15) is 0 Å². The van der Waals surface area contributed by atoms with Gasteiger partial charge in [0.2, 0.25) is 0 Å². The molecule has 1 aliphatic heterocycles. The average Bonchev–Trinajstić information content (AvgIpc) is 3.09. The maximum atomic E-state index is 13.0. The van der Waals surface area contributed by atoms with Crippen molar-refractivity contribution in [1.29, 1.82) is 0 Å². The highest BCUT2D eigenvalue weighted by atomic mass is 35.5. The Hall–Kier alpha value is -3.68. The highest BCUT2D eigenvalue weighted by Gasteiger charge is 2.39. The minimum Gasteiger partial charge on any atom is -0.452 e. The third-order valence-corrected chi connectivity index (χ3v) is 5.92. The van der Waals surface area contributed by atoms with E-state index in [2.05, 4.69) is 5.32 Å². The van der Waals surface area contributed by atoms with Crippen molar-refractivity contribution in [3.05, 3.63) is 99.0 Å². The van der Waals surface area contributed by atoms with Crippen molar-refractivity contribution in [2.24, 2.45) is 0 Å². The fourth-order valence-electron chi connectivity index (χ4n) is 3.61. The van der Waals surface area contributed by atoms with Crippen molar-refractivity contribution < 1.29 is 23.9 Å². The van der Waals surface area contributed by atoms with Crippen LogP contribution in [0.2, 0.25) is 10.0 Å². The normalized spacial score (nSPS) is 13.4. The summed E-state index contributed by atoms with van der Waals surface area (Å²) < 4.78 is 5.06. The number of carbonyl (C=O) groups is 4. The topological polar surface area (TPSA) is 92.8 Å². The zero-order valence-corrected chi connectivity index (χ0v) is 19.4. The molecule has 1 N–H and O–H groups in total. The number of carbonyl (C=O) groups excluding carboxylic acids is 4. The summed E-state index contributed by atoms with van der Waals surface area (Å²) in [5.74, 6) is -2.37. The number of rotatable bonds is 6. The van der Waals surface area contributed by atoms with Crippen molar-refractivity contribution in [1.82, 2.24) is 4.90 Å². The quantitative estimate of drug-likeness (QED) is 0.376. The van der Waals surface area contributed by atoms with Gasteiger partial charge in [0.05, 0.1) is 33.4 Å². The molecule has 0 bridgehead atoms. The number of anilines is 1. The Balaban J connectivity index is 1.44. The lowest BCUT2D eigenvalue weighted by Gasteiger charge is -2.22. The predicted octanol–water partition coefficient (Wildman–Crippen LogP) is 5.15. The van der Waals surface area contributed by atoms with E-state index >= 15 is 0 Å². The van der Waals surface area contributed by atoms with E-state index in [9.17, 15) is 19.2 Å². The van der Waals surface area contributed by atoms with Crippen LogP contribution in [0.25, 0.3) is 0 Å². The Morgan fingerprint density at radius 1 is 0.941 bits per heavy atom. The van der Waals surface area contributed by atoms with Gasteiger partial charge < -0.3 is 10.1 Å². The van der Waals surface area contributed by atoms with E-state index in [4.69, 9.17) is 27.9 Å². The van der Waals surface area contributed by atoms with Crippen molar-refractivity contribution in [3.63, 3.8) is 0 Å². The van der Waals surface area contributed by atoms with Crippen LogP contribution in [-0.2, 0) is 9.53 Å². The molecule has 7 nitrogen and oxygen atoms in total. The van der Waals surface area contributed by atoms with Crippen LogP contribution < -0.4 is 5.32 Å². The molecule has 0 fully saturated rings. The summed E-state index contributed by atoms with van der Waals surface area (Å²) in [5.41, 5.74) is 1.45. The highest BCUT2D eigenvalue weighted by Crippen LogP contribution is 2.32. The van der Waals surface area contributed by atoms with Crippen LogP contribution in [0.5, 0.6) is 0 Å². The number of amides is 3. The molecule has 9 heteroatoms. The molecule has 0 unspecified atom stereocenters. The standard InChI is InChI=1S/C25H18Cl2N2O5/c1-14(15-5-3-2-4-6-15)29-23(31)18-9-7-16(11-19(18)24(29)32)25(33)34-13-22(30)28-21-12-17(26)8-10-20(21)27/h2-12,14H,13H2,1H3,(H,28,30)/t14-/m1/s1. The van der Waals surface area contributed by atoms with E-state index in [1.807, 2.05) is 30.3 Å². The minimum absolute atomic E-state index is 0.0442. The number of esters is 1. The van der Waals surface area contributed by atoms with E-state index in [1.54, 1.807) is 13.0 Å². The van der Waals surface area contributed by atoms with Crippen LogP contribution >= 0.6 is 23.2 Å². The summed E-state index contributed by atoms with van der Waals surface area (Å²) in [5, 5.41) is 3.17. The highest BCUT2D eigenvalue weighted by molar-refractivity contribution is 6.35. The summed E-state index contributed by atoms with van der Waals surface area (Å²) in [7, 11) is 0. The van der Waals surface area contributed by atoms with E-state index in [1.165, 1.54) is 30.3 Å². The molecule has 0 saturated carbocycles. The van der Waals surface area contributed by atoms with Crippen LogP contribution in [0.3, 0.4) is 0 Å². The molecule has 0 saturated heterocycles. The third-order valence-electron chi connectivity index (χ3n) is 5.36. The molecule has 1 atom stereocenters. The molecule has 0 radical (unpaired) electrons. The number of nitrogens with one attached hydrogen (secondary N) is 1. The fourth-order valence-corrected chi connectivity index (χ4v) is 3.95. The molecular weight excluding hydrogens is 479 g/mol. The number of benzene rings is 3. The van der Waals surface area contributed by atoms with E-state index in [0.717, 1.165) is 10.5 Å². The minimum atomic E-state index is -0.815. The summed E-state index contributed by atoms with van der Waals surface area (Å²) in [6.45, 7) is 1.18. The molecule has 0 aliphatic carbocycles. The first-order valence-electron chi connectivity index (χ1n) is 10.2. The first kappa shape index (κ1) is 23.5. The van der Waals surface area contributed by atoms with E-state index in [0.29, 0.717) is 5.02 Å². The van der Waals surface area contributed by atoms with Crippen LogP contribution in [0, 0.1) is 0 Å². The van der Waals surface area contributed by atoms with Crippen LogP contribution in [0.15, 0.2) is 66.7 Å². The molecular formula is C25H18Cl2N2O5. The number of hydrogen-bond donors (Lipinski definition) is 1. The molecule has 1 aliphatic rings. The van der Waals surface area contributed by atoms with Gasteiger partial charge in [0.15, 0.2) is 6.61 Å². The van der Waals surface area contributed by atoms with Crippen molar-refractivity contribution in [2.75, 3.05) is 11.9 Å². The molecule has 172 valence electrons. The van der Waals surface area contributed by atoms with Crippen molar-refractivity contribution in [3.8, 4) is 0 Å². The van der Waals surface area contributed by atoms with Gasteiger partial charge in [0, 0.05) is 5.02 Å². The van der Waals surface area contributed by atoms with Gasteiger partial charge in [-0.3, -0.25) is 19.3 Å². The van der Waals surface area contributed by atoms with E-state index in [-0.39, 0.29) is 27.4 Å². The summed E-state index contributed by atoms with van der Waals surface area (Å²) in [6, 6.07) is 17.4. The number of halogens is 2. The molecule has 0 aromatic heterocycles. The lowest BCUT2D eigenvalue weighted by molar-refractivity contribution is -0.119. The van der Waals surface area contributed by atoms with Gasteiger partial charge >= 0.3 is 5.97 Å². The Labute approximate surface area is 205 Å².